The van der Waals surface area contributed by atoms with Crippen LogP contribution in [0.2, 0.25) is 0 Å². The van der Waals surface area contributed by atoms with Gasteiger partial charge in [0.25, 0.3) is 5.91 Å². The van der Waals surface area contributed by atoms with E-state index in [-0.39, 0.29) is 11.8 Å². The van der Waals surface area contributed by atoms with E-state index in [0.717, 1.165) is 37.1 Å². The van der Waals surface area contributed by atoms with Crippen LogP contribution in [0.4, 0.5) is 0 Å². The van der Waals surface area contributed by atoms with Crippen LogP contribution in [0.5, 0.6) is 0 Å². The molecule has 1 aromatic heterocycles. The summed E-state index contributed by atoms with van der Waals surface area (Å²) < 4.78 is 0.801. The Kier molecular flexibility index (Phi) is 7.17. The van der Waals surface area contributed by atoms with Gasteiger partial charge in [0.05, 0.1) is 12.1 Å². The van der Waals surface area contributed by atoms with Gasteiger partial charge in [0.15, 0.2) is 0 Å². The number of pyridine rings is 1. The Bertz CT molecular complexity index is 577. The Morgan fingerprint density at radius 1 is 1.17 bits per heavy atom. The van der Waals surface area contributed by atoms with Crippen molar-refractivity contribution in [3.8, 4) is 0 Å². The smallest absolute Gasteiger partial charge is 0.255 e. The summed E-state index contributed by atoms with van der Waals surface area (Å²) in [7, 11) is 0. The van der Waals surface area contributed by atoms with Gasteiger partial charge in [-0.1, -0.05) is 0 Å². The summed E-state index contributed by atoms with van der Waals surface area (Å²) in [5.41, 5.74) is 0.594. The summed E-state index contributed by atoms with van der Waals surface area (Å²) in [4.78, 5) is 34.8. The molecule has 1 aromatic rings. The van der Waals surface area contributed by atoms with Crippen molar-refractivity contribution < 1.29 is 9.59 Å². The molecule has 0 N–H and O–H groups in total. The highest BCUT2D eigenvalue weighted by Crippen LogP contribution is 2.13. The van der Waals surface area contributed by atoms with Gasteiger partial charge in [-0.05, 0) is 42.3 Å². The van der Waals surface area contributed by atoms with E-state index < -0.39 is 0 Å². The standard InChI is InChI=1S/C17H25BrN4O2/c1-3-21(4-2)16(23)13-20-6-5-7-22(9-8-20)17(24)14-10-15(18)12-19-11-14/h10-12H,3-9,13H2,1-2H3. The molecule has 0 saturated carbocycles. The fourth-order valence-electron chi connectivity index (χ4n) is 2.91. The fraction of sp³-hybridized carbons (Fsp3) is 0.588. The molecule has 24 heavy (non-hydrogen) atoms. The predicted molar refractivity (Wildman–Crippen MR) is 96.8 cm³/mol. The largest absolute Gasteiger partial charge is 0.342 e. The summed E-state index contributed by atoms with van der Waals surface area (Å²) in [5, 5.41) is 0. The number of halogens is 1. The fourth-order valence-corrected chi connectivity index (χ4v) is 3.28. The lowest BCUT2D eigenvalue weighted by Gasteiger charge is -2.25. The van der Waals surface area contributed by atoms with Crippen molar-refractivity contribution in [2.24, 2.45) is 0 Å². The summed E-state index contributed by atoms with van der Waals surface area (Å²) in [5.74, 6) is 0.164. The number of nitrogens with zero attached hydrogens (tertiary/aromatic N) is 4. The minimum atomic E-state index is 0.000666. The van der Waals surface area contributed by atoms with Crippen LogP contribution in [0.25, 0.3) is 0 Å². The molecule has 0 bridgehead atoms. The Labute approximate surface area is 151 Å². The van der Waals surface area contributed by atoms with Gasteiger partial charge in [-0.15, -0.1) is 0 Å². The van der Waals surface area contributed by atoms with Gasteiger partial charge in [0, 0.05) is 56.1 Å². The molecule has 1 fully saturated rings. The number of likely N-dealkylation sites (N-methyl/N-ethyl adjacent to an activating group) is 1. The molecule has 2 amide bonds. The predicted octanol–water partition coefficient (Wildman–Crippen LogP) is 1.86. The third kappa shape index (κ3) is 5.01. The van der Waals surface area contributed by atoms with E-state index in [0.29, 0.717) is 25.2 Å². The third-order valence-electron chi connectivity index (χ3n) is 4.30. The van der Waals surface area contributed by atoms with Crippen molar-refractivity contribution >= 4 is 27.7 Å². The average Bonchev–Trinajstić information content (AvgIpc) is 2.81. The summed E-state index contributed by atoms with van der Waals surface area (Å²) in [6.45, 7) is 8.81. The first-order valence-corrected chi connectivity index (χ1v) is 9.24. The molecule has 6 nitrogen and oxygen atoms in total. The molecular weight excluding hydrogens is 372 g/mol. The van der Waals surface area contributed by atoms with Crippen molar-refractivity contribution in [2.75, 3.05) is 45.8 Å². The lowest BCUT2D eigenvalue weighted by Crippen LogP contribution is -2.42. The van der Waals surface area contributed by atoms with Gasteiger partial charge in [-0.3, -0.25) is 19.5 Å². The van der Waals surface area contributed by atoms with Crippen molar-refractivity contribution in [1.82, 2.24) is 19.7 Å². The maximum Gasteiger partial charge on any atom is 0.255 e. The second-order valence-corrected chi connectivity index (χ2v) is 6.80. The maximum absolute atomic E-state index is 12.6. The number of hydrogen-bond acceptors (Lipinski definition) is 4. The zero-order chi connectivity index (χ0) is 17.5. The molecular formula is C17H25BrN4O2. The van der Waals surface area contributed by atoms with E-state index >= 15 is 0 Å². The molecule has 0 aromatic carbocycles. The molecule has 0 unspecified atom stereocenters. The van der Waals surface area contributed by atoms with Crippen LogP contribution in [0.15, 0.2) is 22.9 Å². The molecule has 0 spiro atoms. The Hall–Kier alpha value is -1.47. The number of hydrogen-bond donors (Lipinski definition) is 0. The SMILES string of the molecule is CCN(CC)C(=O)CN1CCCN(C(=O)c2cncc(Br)c2)CC1. The molecule has 132 valence electrons. The average molecular weight is 397 g/mol. The van der Waals surface area contributed by atoms with Crippen molar-refractivity contribution in [2.45, 2.75) is 20.3 Å². The van der Waals surface area contributed by atoms with Gasteiger partial charge in [0.2, 0.25) is 5.91 Å². The molecule has 1 saturated heterocycles. The third-order valence-corrected chi connectivity index (χ3v) is 4.74. The van der Waals surface area contributed by atoms with Gasteiger partial charge in [-0.25, -0.2) is 0 Å². The number of carbonyl (C=O) groups excluding carboxylic acids is 2. The highest BCUT2D eigenvalue weighted by Gasteiger charge is 2.22. The second kappa shape index (κ2) is 9.13. The summed E-state index contributed by atoms with van der Waals surface area (Å²) in [6, 6.07) is 1.79. The molecule has 0 radical (unpaired) electrons. The van der Waals surface area contributed by atoms with Gasteiger partial charge in [-0.2, -0.15) is 0 Å². The first-order chi connectivity index (χ1) is 11.5. The lowest BCUT2D eigenvalue weighted by atomic mass is 10.2. The topological polar surface area (TPSA) is 56.8 Å². The molecule has 0 aliphatic carbocycles. The molecule has 7 heteroatoms. The van der Waals surface area contributed by atoms with E-state index in [4.69, 9.17) is 0 Å². The quantitative estimate of drug-likeness (QED) is 0.761. The highest BCUT2D eigenvalue weighted by molar-refractivity contribution is 9.10. The summed E-state index contributed by atoms with van der Waals surface area (Å²) >= 11 is 3.35. The van der Waals surface area contributed by atoms with Crippen molar-refractivity contribution in [1.29, 1.82) is 0 Å². The Balaban J connectivity index is 1.92. The zero-order valence-electron chi connectivity index (χ0n) is 14.4. The van der Waals surface area contributed by atoms with Crippen LogP contribution in [0.1, 0.15) is 30.6 Å². The molecule has 0 atom stereocenters. The minimum Gasteiger partial charge on any atom is -0.342 e. The van der Waals surface area contributed by atoms with Crippen LogP contribution >= 0.6 is 15.9 Å². The first kappa shape index (κ1) is 18.9. The van der Waals surface area contributed by atoms with Crippen LogP contribution in [0.3, 0.4) is 0 Å². The Morgan fingerprint density at radius 2 is 1.92 bits per heavy atom. The van der Waals surface area contributed by atoms with E-state index in [9.17, 15) is 9.59 Å². The normalized spacial score (nSPS) is 15.9. The minimum absolute atomic E-state index is 0.000666. The van der Waals surface area contributed by atoms with Gasteiger partial charge >= 0.3 is 0 Å². The van der Waals surface area contributed by atoms with E-state index in [1.54, 1.807) is 18.5 Å². The number of rotatable bonds is 5. The zero-order valence-corrected chi connectivity index (χ0v) is 16.0. The molecule has 2 heterocycles. The van der Waals surface area contributed by atoms with E-state index in [1.165, 1.54) is 0 Å². The molecule has 1 aliphatic heterocycles. The second-order valence-electron chi connectivity index (χ2n) is 5.88. The van der Waals surface area contributed by atoms with Crippen LogP contribution in [-0.4, -0.2) is 77.3 Å². The van der Waals surface area contributed by atoms with E-state index in [1.807, 2.05) is 23.6 Å². The van der Waals surface area contributed by atoms with Gasteiger partial charge < -0.3 is 9.80 Å². The van der Waals surface area contributed by atoms with Crippen LogP contribution < -0.4 is 0 Å². The number of aromatic nitrogens is 1. The summed E-state index contributed by atoms with van der Waals surface area (Å²) in [6.07, 6.45) is 4.14. The molecule has 2 rings (SSSR count). The monoisotopic (exact) mass is 396 g/mol. The number of carbonyl (C=O) groups is 2. The van der Waals surface area contributed by atoms with Gasteiger partial charge in [0.1, 0.15) is 0 Å². The van der Waals surface area contributed by atoms with Crippen LogP contribution in [0, 0.1) is 0 Å². The molecule has 1 aliphatic rings. The number of amides is 2. The van der Waals surface area contributed by atoms with E-state index in [2.05, 4.69) is 25.8 Å². The van der Waals surface area contributed by atoms with Crippen LogP contribution in [-0.2, 0) is 4.79 Å². The first-order valence-electron chi connectivity index (χ1n) is 8.45. The lowest BCUT2D eigenvalue weighted by molar-refractivity contribution is -0.132. The maximum atomic E-state index is 12.6. The Morgan fingerprint density at radius 3 is 2.58 bits per heavy atom. The van der Waals surface area contributed by atoms with Crippen molar-refractivity contribution in [3.05, 3.63) is 28.5 Å². The highest BCUT2D eigenvalue weighted by atomic mass is 79.9. The van der Waals surface area contributed by atoms with Crippen molar-refractivity contribution in [3.63, 3.8) is 0 Å².